The molecule has 8 nitrogen and oxygen atoms in total. The molecule has 1 saturated heterocycles. The Morgan fingerprint density at radius 3 is 2.48 bits per heavy atom. The lowest BCUT2D eigenvalue weighted by Gasteiger charge is -2.42. The van der Waals surface area contributed by atoms with Gasteiger partial charge in [0.15, 0.2) is 5.82 Å². The lowest BCUT2D eigenvalue weighted by Crippen LogP contribution is -2.52. The molecule has 3 heterocycles. The maximum atomic E-state index is 15.1. The molecule has 46 heavy (non-hydrogen) atoms. The zero-order valence-corrected chi connectivity index (χ0v) is 27.9. The first-order valence-corrected chi connectivity index (χ1v) is 16.2. The molecule has 1 fully saturated rings. The van der Waals surface area contributed by atoms with E-state index in [1.165, 1.54) is 18.3 Å². The van der Waals surface area contributed by atoms with Crippen molar-refractivity contribution in [1.29, 1.82) is 5.26 Å². The highest BCUT2D eigenvalue weighted by molar-refractivity contribution is 6.42. The molecule has 4 N–H and O–H groups in total. The maximum Gasteiger partial charge on any atom is 0.166 e. The molecule has 4 aromatic rings. The first-order chi connectivity index (χ1) is 22.0. The third kappa shape index (κ3) is 6.55. The number of anilines is 3. The normalized spacial score (nSPS) is 16.6. The number of hydrogen-bond donors (Lipinski definition) is 4. The third-order valence-electron chi connectivity index (χ3n) is 8.51. The van der Waals surface area contributed by atoms with Crippen LogP contribution in [0.5, 0.6) is 0 Å². The summed E-state index contributed by atoms with van der Waals surface area (Å²) >= 11 is 18.9. The van der Waals surface area contributed by atoms with Crippen LogP contribution in [0.4, 0.5) is 21.5 Å². The minimum atomic E-state index is -0.729. The summed E-state index contributed by atoms with van der Waals surface area (Å²) in [7, 11) is 0. The number of nitrogens with one attached hydrogen (secondary N) is 4. The summed E-state index contributed by atoms with van der Waals surface area (Å²) in [5.41, 5.74) is 10.6. The summed E-state index contributed by atoms with van der Waals surface area (Å²) in [5.74, 6) is -0.729. The molecule has 2 aliphatic rings. The van der Waals surface area contributed by atoms with Gasteiger partial charge in [0.05, 0.1) is 49.3 Å². The molecule has 0 spiro atoms. The number of nitriles is 1. The van der Waals surface area contributed by atoms with E-state index in [2.05, 4.69) is 81.7 Å². The van der Waals surface area contributed by atoms with Gasteiger partial charge in [-0.05, 0) is 63.4 Å². The zero-order chi connectivity index (χ0) is 32.6. The molecule has 0 saturated carbocycles. The van der Waals surface area contributed by atoms with Gasteiger partial charge in [-0.15, -0.1) is 5.53 Å². The predicted molar refractivity (Wildman–Crippen MR) is 185 cm³/mol. The molecule has 0 amide bonds. The Morgan fingerprint density at radius 1 is 1.04 bits per heavy atom. The van der Waals surface area contributed by atoms with Crippen molar-refractivity contribution in [1.82, 2.24) is 25.9 Å². The monoisotopic (exact) mass is 678 g/mol. The lowest BCUT2D eigenvalue weighted by atomic mass is 9.98. The second kappa shape index (κ2) is 13.1. The molecule has 1 aromatic heterocycles. The molecule has 0 bridgehead atoms. The number of aromatic nitrogens is 1. The van der Waals surface area contributed by atoms with Crippen LogP contribution in [0.1, 0.15) is 50.8 Å². The highest BCUT2D eigenvalue weighted by atomic mass is 35.5. The fraction of sp³-hybridized carbons (Fsp3) is 0.294. The summed E-state index contributed by atoms with van der Waals surface area (Å²) in [4.78, 5) is 6.97. The van der Waals surface area contributed by atoms with E-state index in [1.54, 1.807) is 6.07 Å². The smallest absolute Gasteiger partial charge is 0.166 e. The average Bonchev–Trinajstić information content (AvgIpc) is 3.54. The molecule has 12 heteroatoms. The topological polar surface area (TPSA) is 91.3 Å². The highest BCUT2D eigenvalue weighted by Crippen LogP contribution is 2.39. The standard InChI is InChI=1S/C34H34Cl3FN8/c1-34(2,3)45-13-11-23(12-14-45)46-19-28(43-44-46)32(20-7-5-4-6-8-20)41-22-15-24-31(21(17-39)18-40-33(24)26(36)16-22)42-27-10-9-25(35)29(37)30(27)38/h4-10,15-16,18-19,23,32,41,43-44H,11-14H2,1-3H3,(H,40,42)/t32-/m0/s1. The van der Waals surface area contributed by atoms with Gasteiger partial charge in [-0.3, -0.25) is 14.9 Å². The van der Waals surface area contributed by atoms with E-state index in [0.717, 1.165) is 37.2 Å². The largest absolute Gasteiger partial charge is 0.373 e. The zero-order valence-electron chi connectivity index (χ0n) is 25.6. The van der Waals surface area contributed by atoms with Crippen molar-refractivity contribution in [3.8, 4) is 6.07 Å². The molecular formula is C34H34Cl3FN8. The van der Waals surface area contributed by atoms with Gasteiger partial charge in [0.25, 0.3) is 0 Å². The van der Waals surface area contributed by atoms with Crippen LogP contribution >= 0.6 is 34.8 Å². The Morgan fingerprint density at radius 2 is 1.78 bits per heavy atom. The van der Waals surface area contributed by atoms with Gasteiger partial charge in [0.2, 0.25) is 0 Å². The summed E-state index contributed by atoms with van der Waals surface area (Å²) in [6, 6.07) is 18.9. The summed E-state index contributed by atoms with van der Waals surface area (Å²) in [6.45, 7) is 8.85. The Labute approximate surface area is 283 Å². The van der Waals surface area contributed by atoms with Crippen molar-refractivity contribution in [2.24, 2.45) is 0 Å². The first kappa shape index (κ1) is 32.2. The fourth-order valence-corrected chi connectivity index (χ4v) is 6.55. The molecule has 6 rings (SSSR count). The molecule has 238 valence electrons. The Bertz CT molecular complexity index is 1830. The number of hydrogen-bond acceptors (Lipinski definition) is 8. The summed E-state index contributed by atoms with van der Waals surface area (Å²) in [5, 5.41) is 19.6. The van der Waals surface area contributed by atoms with Crippen molar-refractivity contribution >= 4 is 62.8 Å². The second-order valence-electron chi connectivity index (χ2n) is 12.5. The molecular weight excluding hydrogens is 646 g/mol. The van der Waals surface area contributed by atoms with Gasteiger partial charge in [-0.1, -0.05) is 65.1 Å². The number of hydrazine groups is 2. The SMILES string of the molecule is CC(C)(C)N1CCC(N2C=C([C@@H](Nc3cc(Cl)c4ncc(C#N)c(Nc5ccc(Cl)c(Cl)c5F)c4c3)c3ccccc3)NN2)CC1. The van der Waals surface area contributed by atoms with Crippen LogP contribution in [0.15, 0.2) is 72.7 Å². The second-order valence-corrected chi connectivity index (χ2v) is 13.7. The number of pyridine rings is 1. The van der Waals surface area contributed by atoms with Crippen molar-refractivity contribution in [3.63, 3.8) is 0 Å². The van der Waals surface area contributed by atoms with E-state index in [0.29, 0.717) is 33.3 Å². The van der Waals surface area contributed by atoms with Crippen LogP contribution in [0.2, 0.25) is 15.1 Å². The molecule has 0 aliphatic carbocycles. The van der Waals surface area contributed by atoms with Crippen molar-refractivity contribution in [2.75, 3.05) is 23.7 Å². The van der Waals surface area contributed by atoms with E-state index in [-0.39, 0.29) is 32.9 Å². The van der Waals surface area contributed by atoms with Gasteiger partial charge in [0, 0.05) is 48.1 Å². The van der Waals surface area contributed by atoms with Crippen LogP contribution in [0.25, 0.3) is 10.9 Å². The van der Waals surface area contributed by atoms with Crippen LogP contribution < -0.4 is 21.6 Å². The molecule has 1 atom stereocenters. The Balaban J connectivity index is 1.34. The molecule has 0 radical (unpaired) electrons. The minimum absolute atomic E-state index is 0.0647. The van der Waals surface area contributed by atoms with E-state index in [1.807, 2.05) is 24.3 Å². The fourth-order valence-electron chi connectivity index (χ4n) is 5.97. The number of fused-ring (bicyclic) bond motifs is 1. The van der Waals surface area contributed by atoms with Crippen LogP contribution in [-0.2, 0) is 0 Å². The van der Waals surface area contributed by atoms with E-state index < -0.39 is 5.82 Å². The quantitative estimate of drug-likeness (QED) is 0.145. The van der Waals surface area contributed by atoms with Crippen LogP contribution in [0, 0.1) is 17.1 Å². The maximum absolute atomic E-state index is 15.1. The number of likely N-dealkylation sites (tertiary alicyclic amines) is 1. The number of nitrogens with zero attached hydrogens (tertiary/aromatic N) is 4. The predicted octanol–water partition coefficient (Wildman–Crippen LogP) is 8.53. The number of benzene rings is 3. The minimum Gasteiger partial charge on any atom is -0.373 e. The summed E-state index contributed by atoms with van der Waals surface area (Å²) in [6.07, 6.45) is 5.62. The van der Waals surface area contributed by atoms with Gasteiger partial charge in [0.1, 0.15) is 6.07 Å². The van der Waals surface area contributed by atoms with E-state index >= 15 is 4.39 Å². The van der Waals surface area contributed by atoms with E-state index in [9.17, 15) is 5.26 Å². The first-order valence-electron chi connectivity index (χ1n) is 15.0. The van der Waals surface area contributed by atoms with Gasteiger partial charge in [-0.25, -0.2) is 4.39 Å². The number of halogens is 4. The number of rotatable bonds is 7. The summed E-state index contributed by atoms with van der Waals surface area (Å²) < 4.78 is 15.1. The van der Waals surface area contributed by atoms with Crippen LogP contribution in [0.3, 0.4) is 0 Å². The third-order valence-corrected chi connectivity index (χ3v) is 9.58. The van der Waals surface area contributed by atoms with Crippen molar-refractivity contribution in [2.45, 2.75) is 51.2 Å². The molecule has 0 unspecified atom stereocenters. The van der Waals surface area contributed by atoms with E-state index in [4.69, 9.17) is 34.8 Å². The van der Waals surface area contributed by atoms with Crippen molar-refractivity contribution in [3.05, 3.63) is 105 Å². The number of piperidine rings is 1. The average molecular weight is 680 g/mol. The van der Waals surface area contributed by atoms with Gasteiger partial charge < -0.3 is 16.1 Å². The Kier molecular flexibility index (Phi) is 9.19. The van der Waals surface area contributed by atoms with Crippen LogP contribution in [-0.4, -0.2) is 39.6 Å². The lowest BCUT2D eigenvalue weighted by molar-refractivity contribution is 0.0570. The molecule has 3 aromatic carbocycles. The van der Waals surface area contributed by atoms with Crippen molar-refractivity contribution < 1.29 is 4.39 Å². The Hall–Kier alpha value is -3.78. The van der Waals surface area contributed by atoms with Gasteiger partial charge in [-0.2, -0.15) is 5.26 Å². The molecule has 2 aliphatic heterocycles. The highest BCUT2D eigenvalue weighted by Gasteiger charge is 2.32. The van der Waals surface area contributed by atoms with Gasteiger partial charge >= 0.3 is 0 Å².